The third-order valence-corrected chi connectivity index (χ3v) is 6.84. The zero-order chi connectivity index (χ0) is 24.0. The molecule has 0 bridgehead atoms. The van der Waals surface area contributed by atoms with Crippen LogP contribution < -0.4 is 9.47 Å². The first-order valence-corrected chi connectivity index (χ1v) is 11.6. The van der Waals surface area contributed by atoms with Crippen LogP contribution in [0.2, 0.25) is 5.02 Å². The quantitative estimate of drug-likeness (QED) is 0.382. The normalized spacial score (nSPS) is 17.7. The Bertz CT molecular complexity index is 1250. The van der Waals surface area contributed by atoms with E-state index in [-0.39, 0.29) is 24.7 Å². The van der Waals surface area contributed by atoms with Crippen LogP contribution in [0.25, 0.3) is 10.9 Å². The fourth-order valence-electron chi connectivity index (χ4n) is 4.55. The smallest absolute Gasteiger partial charge is 0.419 e. The predicted molar refractivity (Wildman–Crippen MR) is 121 cm³/mol. The summed E-state index contributed by atoms with van der Waals surface area (Å²) in [4.78, 5) is 11.2. The van der Waals surface area contributed by atoms with Gasteiger partial charge >= 0.3 is 12.1 Å². The fourth-order valence-corrected chi connectivity index (χ4v) is 4.95. The molecule has 2 heterocycles. The van der Waals surface area contributed by atoms with E-state index in [4.69, 9.17) is 21.1 Å². The molecule has 9 heteroatoms. The van der Waals surface area contributed by atoms with Gasteiger partial charge in [-0.1, -0.05) is 17.7 Å². The molecule has 1 aromatic heterocycles. The van der Waals surface area contributed by atoms with E-state index in [2.05, 4.69) is 0 Å². The molecule has 5 rings (SSSR count). The molecule has 34 heavy (non-hydrogen) atoms. The maximum atomic E-state index is 13.6. The Morgan fingerprint density at radius 1 is 1.12 bits per heavy atom. The van der Waals surface area contributed by atoms with Gasteiger partial charge in [0.2, 0.25) is 0 Å². The van der Waals surface area contributed by atoms with E-state index in [1.807, 2.05) is 10.6 Å². The number of ether oxygens (including phenoxy) is 2. The monoisotopic (exact) mass is 493 g/mol. The van der Waals surface area contributed by atoms with E-state index < -0.39 is 17.7 Å². The van der Waals surface area contributed by atoms with Gasteiger partial charge in [0.25, 0.3) is 0 Å². The minimum absolute atomic E-state index is 0.0152. The fraction of sp³-hybridized carbons (Fsp3) is 0.400. The molecule has 0 unspecified atom stereocenters. The van der Waals surface area contributed by atoms with Gasteiger partial charge in [0, 0.05) is 23.5 Å². The summed E-state index contributed by atoms with van der Waals surface area (Å²) in [5.74, 6) is -0.359. The Kier molecular flexibility index (Phi) is 5.88. The Hall–Kier alpha value is -2.87. The molecule has 0 amide bonds. The molecule has 2 aliphatic rings. The number of benzene rings is 2. The van der Waals surface area contributed by atoms with Gasteiger partial charge in [-0.05, 0) is 61.1 Å². The van der Waals surface area contributed by atoms with Gasteiger partial charge in [0.15, 0.2) is 0 Å². The SMILES string of the molecule is O=C(O)C[C@H]1CCn2c1c(Cl)c1cc(OCc3ccc(OCC4CC4)c(C(F)(F)F)c3)ccc12. The average Bonchev–Trinajstić information content (AvgIpc) is 3.47. The lowest BCUT2D eigenvalue weighted by Gasteiger charge is -2.16. The number of nitrogens with zero attached hydrogens (tertiary/aromatic N) is 1. The Balaban J connectivity index is 1.35. The van der Waals surface area contributed by atoms with E-state index in [1.165, 1.54) is 6.07 Å². The molecular weight excluding hydrogens is 471 g/mol. The molecule has 1 fully saturated rings. The number of carboxylic acids is 1. The summed E-state index contributed by atoms with van der Waals surface area (Å²) in [7, 11) is 0. The zero-order valence-corrected chi connectivity index (χ0v) is 19.0. The highest BCUT2D eigenvalue weighted by atomic mass is 35.5. The number of halogens is 4. The highest BCUT2D eigenvalue weighted by molar-refractivity contribution is 6.36. The Morgan fingerprint density at radius 3 is 2.62 bits per heavy atom. The number of fused-ring (bicyclic) bond motifs is 3. The number of aryl methyl sites for hydroxylation is 1. The van der Waals surface area contributed by atoms with Gasteiger partial charge < -0.3 is 19.1 Å². The number of aliphatic carboxylic acids is 1. The summed E-state index contributed by atoms with van der Waals surface area (Å²) < 4.78 is 53.9. The van der Waals surface area contributed by atoms with Crippen molar-refractivity contribution in [1.82, 2.24) is 4.57 Å². The first-order chi connectivity index (χ1) is 16.2. The number of carboxylic acid groups (broad SMARTS) is 1. The van der Waals surface area contributed by atoms with Crippen molar-refractivity contribution >= 4 is 28.5 Å². The van der Waals surface area contributed by atoms with Crippen LogP contribution in [0.5, 0.6) is 11.5 Å². The summed E-state index contributed by atoms with van der Waals surface area (Å²) in [5, 5.41) is 10.4. The number of rotatable bonds is 8. The highest BCUT2D eigenvalue weighted by Crippen LogP contribution is 2.44. The lowest BCUT2D eigenvalue weighted by atomic mass is 10.0. The summed E-state index contributed by atoms with van der Waals surface area (Å²) in [6.45, 7) is 0.936. The number of aromatic nitrogens is 1. The predicted octanol–water partition coefficient (Wildman–Crippen LogP) is 6.64. The van der Waals surface area contributed by atoms with Gasteiger partial charge in [-0.2, -0.15) is 13.2 Å². The molecule has 0 radical (unpaired) electrons. The van der Waals surface area contributed by atoms with Crippen molar-refractivity contribution in [3.63, 3.8) is 0 Å². The van der Waals surface area contributed by atoms with Crippen LogP contribution in [-0.4, -0.2) is 22.2 Å². The van der Waals surface area contributed by atoms with E-state index in [1.54, 1.807) is 18.2 Å². The Morgan fingerprint density at radius 2 is 1.91 bits per heavy atom. The summed E-state index contributed by atoms with van der Waals surface area (Å²) >= 11 is 6.61. The third kappa shape index (κ3) is 4.56. The standard InChI is InChI=1S/C25H23ClF3NO4/c26-23-18-11-17(4-5-20(18)30-8-7-16(24(23)30)10-22(31)32)33-13-15-3-6-21(34-12-14-1-2-14)19(9-15)25(27,28)29/h3-6,9,11,14,16H,1-2,7-8,10,12-13H2,(H,31,32)/t16-/m1/s1. The van der Waals surface area contributed by atoms with Crippen molar-refractivity contribution in [1.29, 1.82) is 0 Å². The van der Waals surface area contributed by atoms with Crippen molar-refractivity contribution in [3.8, 4) is 11.5 Å². The molecule has 5 nitrogen and oxygen atoms in total. The second-order valence-electron chi connectivity index (χ2n) is 8.98. The minimum atomic E-state index is -4.53. The lowest BCUT2D eigenvalue weighted by molar-refractivity contribution is -0.139. The first kappa shape index (κ1) is 22.9. The average molecular weight is 494 g/mol. The molecule has 0 saturated heterocycles. The van der Waals surface area contributed by atoms with Gasteiger partial charge in [-0.25, -0.2) is 0 Å². The van der Waals surface area contributed by atoms with Crippen LogP contribution in [0.1, 0.15) is 48.4 Å². The summed E-state index contributed by atoms with van der Waals surface area (Å²) in [5.41, 5.74) is 1.27. The minimum Gasteiger partial charge on any atom is -0.493 e. The van der Waals surface area contributed by atoms with Crippen molar-refractivity contribution in [2.75, 3.05) is 6.61 Å². The van der Waals surface area contributed by atoms with Crippen LogP contribution >= 0.6 is 11.6 Å². The zero-order valence-electron chi connectivity index (χ0n) is 18.2. The van der Waals surface area contributed by atoms with E-state index >= 15 is 0 Å². The molecule has 1 atom stereocenters. The largest absolute Gasteiger partial charge is 0.493 e. The lowest BCUT2D eigenvalue weighted by Crippen LogP contribution is -2.11. The molecule has 1 N–H and O–H groups in total. The number of carbonyl (C=O) groups is 1. The topological polar surface area (TPSA) is 60.7 Å². The van der Waals surface area contributed by atoms with E-state index in [0.29, 0.717) is 35.4 Å². The van der Waals surface area contributed by atoms with Crippen molar-refractivity contribution in [2.45, 2.75) is 50.9 Å². The molecule has 2 aromatic carbocycles. The second kappa shape index (κ2) is 8.73. The maximum absolute atomic E-state index is 13.6. The van der Waals surface area contributed by atoms with Crippen LogP contribution in [-0.2, 0) is 24.1 Å². The first-order valence-electron chi connectivity index (χ1n) is 11.2. The third-order valence-electron chi connectivity index (χ3n) is 6.45. The number of hydrogen-bond acceptors (Lipinski definition) is 3. The molecule has 180 valence electrons. The van der Waals surface area contributed by atoms with Gasteiger partial charge in [0.1, 0.15) is 18.1 Å². The van der Waals surface area contributed by atoms with E-state index in [9.17, 15) is 23.1 Å². The molecule has 1 aliphatic carbocycles. The highest BCUT2D eigenvalue weighted by Gasteiger charge is 2.35. The van der Waals surface area contributed by atoms with Crippen LogP contribution in [0, 0.1) is 5.92 Å². The van der Waals surface area contributed by atoms with Crippen LogP contribution in [0.4, 0.5) is 13.2 Å². The van der Waals surface area contributed by atoms with E-state index in [0.717, 1.165) is 41.9 Å². The molecule has 1 aliphatic heterocycles. The Labute approximate surface area is 199 Å². The van der Waals surface area contributed by atoms with Gasteiger partial charge in [0.05, 0.1) is 29.1 Å². The van der Waals surface area contributed by atoms with Crippen molar-refractivity contribution < 1.29 is 32.5 Å². The van der Waals surface area contributed by atoms with Gasteiger partial charge in [-0.3, -0.25) is 4.79 Å². The van der Waals surface area contributed by atoms with Crippen molar-refractivity contribution in [3.05, 3.63) is 58.2 Å². The summed E-state index contributed by atoms with van der Waals surface area (Å²) in [6, 6.07) is 9.33. The molecule has 1 saturated carbocycles. The number of alkyl halides is 3. The molecular formula is C25H23ClF3NO4. The van der Waals surface area contributed by atoms with Crippen LogP contribution in [0.3, 0.4) is 0 Å². The maximum Gasteiger partial charge on any atom is 0.419 e. The number of hydrogen-bond donors (Lipinski definition) is 1. The second-order valence-corrected chi connectivity index (χ2v) is 9.36. The van der Waals surface area contributed by atoms with Crippen molar-refractivity contribution in [2.24, 2.45) is 5.92 Å². The molecule has 3 aromatic rings. The van der Waals surface area contributed by atoms with Crippen LogP contribution in [0.15, 0.2) is 36.4 Å². The molecule has 0 spiro atoms. The summed E-state index contributed by atoms with van der Waals surface area (Å²) in [6.07, 6.45) is -1.81. The van der Waals surface area contributed by atoms with Gasteiger partial charge in [-0.15, -0.1) is 0 Å².